The number of ketones is 1. The van der Waals surface area contributed by atoms with Gasteiger partial charge in [-0.1, -0.05) is 32.9 Å². The van der Waals surface area contributed by atoms with Crippen LogP contribution in [-0.4, -0.2) is 43.3 Å². The maximum atomic E-state index is 12.7. The minimum atomic E-state index is -0.525. The number of fused-ring (bicyclic) bond motifs is 1. The normalized spacial score (nSPS) is 15.8. The molecule has 2 N–H and O–H groups in total. The zero-order valence-corrected chi connectivity index (χ0v) is 19.0. The summed E-state index contributed by atoms with van der Waals surface area (Å²) in [6, 6.07) is 7.39. The Bertz CT molecular complexity index is 1250. The number of rotatable bonds is 5. The molecule has 2 aromatic heterocycles. The average Bonchev–Trinajstić information content (AvgIpc) is 3.28. The molecule has 0 radical (unpaired) electrons. The fraction of sp³-hybridized carbons (Fsp3) is 0.261. The summed E-state index contributed by atoms with van der Waals surface area (Å²) in [5.74, 6) is 0.240. The molecule has 0 bridgehead atoms. The van der Waals surface area contributed by atoms with Gasteiger partial charge < -0.3 is 10.3 Å². The van der Waals surface area contributed by atoms with Crippen LogP contribution in [0.5, 0.6) is 0 Å². The van der Waals surface area contributed by atoms with Crippen molar-refractivity contribution >= 4 is 57.4 Å². The SMILES string of the molecule is CCN1C(=O)S/C(=C/c2ccc(Nc3cnc4[nH]cc(C(=O)C(C)(C)C)c4n3)cc2)C1=O. The lowest BCUT2D eigenvalue weighted by Crippen LogP contribution is -2.27. The van der Waals surface area contributed by atoms with Gasteiger partial charge in [-0.15, -0.1) is 0 Å². The molecule has 1 saturated heterocycles. The van der Waals surface area contributed by atoms with Gasteiger partial charge in [-0.25, -0.2) is 9.97 Å². The molecule has 1 aromatic carbocycles. The van der Waals surface area contributed by atoms with Gasteiger partial charge in [0.1, 0.15) is 11.3 Å². The molecule has 0 atom stereocenters. The summed E-state index contributed by atoms with van der Waals surface area (Å²) < 4.78 is 0. The van der Waals surface area contributed by atoms with Gasteiger partial charge in [-0.2, -0.15) is 0 Å². The third-order valence-electron chi connectivity index (χ3n) is 4.98. The second-order valence-electron chi connectivity index (χ2n) is 8.41. The van der Waals surface area contributed by atoms with E-state index >= 15 is 0 Å². The van der Waals surface area contributed by atoms with E-state index < -0.39 is 5.41 Å². The molecule has 8 nitrogen and oxygen atoms in total. The van der Waals surface area contributed by atoms with Gasteiger partial charge in [0, 0.05) is 23.8 Å². The number of benzene rings is 1. The first kappa shape index (κ1) is 21.8. The lowest BCUT2D eigenvalue weighted by molar-refractivity contribution is -0.122. The van der Waals surface area contributed by atoms with Crippen LogP contribution in [0.1, 0.15) is 43.6 Å². The quantitative estimate of drug-likeness (QED) is 0.417. The minimum absolute atomic E-state index is 0.00737. The molecule has 3 aromatic rings. The summed E-state index contributed by atoms with van der Waals surface area (Å²) >= 11 is 0.949. The van der Waals surface area contributed by atoms with Gasteiger partial charge in [0.15, 0.2) is 11.4 Å². The third-order valence-corrected chi connectivity index (χ3v) is 5.88. The number of aromatic nitrogens is 3. The minimum Gasteiger partial charge on any atom is -0.344 e. The van der Waals surface area contributed by atoms with Gasteiger partial charge in [0.05, 0.1) is 16.7 Å². The van der Waals surface area contributed by atoms with Crippen LogP contribution >= 0.6 is 11.8 Å². The van der Waals surface area contributed by atoms with Gasteiger partial charge in [0.25, 0.3) is 11.1 Å². The zero-order valence-electron chi connectivity index (χ0n) is 18.2. The van der Waals surface area contributed by atoms with Crippen LogP contribution in [0.15, 0.2) is 41.6 Å². The van der Waals surface area contributed by atoms with E-state index in [9.17, 15) is 14.4 Å². The fourth-order valence-electron chi connectivity index (χ4n) is 3.26. The molecule has 9 heteroatoms. The lowest BCUT2D eigenvalue weighted by Gasteiger charge is -2.15. The van der Waals surface area contributed by atoms with Crippen molar-refractivity contribution in [3.8, 4) is 0 Å². The predicted molar refractivity (Wildman–Crippen MR) is 126 cm³/mol. The molecule has 0 aliphatic carbocycles. The summed E-state index contributed by atoms with van der Waals surface area (Å²) in [6.45, 7) is 7.74. The van der Waals surface area contributed by atoms with Gasteiger partial charge in [-0.3, -0.25) is 19.3 Å². The topological polar surface area (TPSA) is 108 Å². The second kappa shape index (κ2) is 8.23. The van der Waals surface area contributed by atoms with Gasteiger partial charge in [-0.05, 0) is 42.5 Å². The van der Waals surface area contributed by atoms with Crippen LogP contribution in [0, 0.1) is 5.41 Å². The Kier molecular flexibility index (Phi) is 5.60. The van der Waals surface area contributed by atoms with Crippen molar-refractivity contribution < 1.29 is 14.4 Å². The molecule has 1 aliphatic rings. The maximum absolute atomic E-state index is 12.7. The molecule has 32 heavy (non-hydrogen) atoms. The number of carbonyl (C=O) groups excluding carboxylic acids is 3. The van der Waals surface area contributed by atoms with Crippen molar-refractivity contribution in [1.29, 1.82) is 0 Å². The highest BCUT2D eigenvalue weighted by molar-refractivity contribution is 8.18. The summed E-state index contributed by atoms with van der Waals surface area (Å²) in [5.41, 5.74) is 2.65. The van der Waals surface area contributed by atoms with Crippen LogP contribution in [0.2, 0.25) is 0 Å². The Morgan fingerprint density at radius 1 is 1.22 bits per heavy atom. The smallest absolute Gasteiger partial charge is 0.293 e. The van der Waals surface area contributed by atoms with Crippen molar-refractivity contribution in [2.24, 2.45) is 5.41 Å². The van der Waals surface area contributed by atoms with Crippen LogP contribution in [0.25, 0.3) is 17.2 Å². The highest BCUT2D eigenvalue weighted by atomic mass is 32.2. The number of aromatic amines is 1. The Labute approximate surface area is 189 Å². The number of carbonyl (C=O) groups is 3. The van der Waals surface area contributed by atoms with E-state index in [4.69, 9.17) is 0 Å². The van der Waals surface area contributed by atoms with Crippen molar-refractivity contribution in [3.05, 3.63) is 52.7 Å². The number of Topliss-reactive ketones (excluding diaryl/α,β-unsaturated/α-hetero) is 1. The number of H-pyrrole nitrogens is 1. The fourth-order valence-corrected chi connectivity index (χ4v) is 4.17. The summed E-state index contributed by atoms with van der Waals surface area (Å²) in [7, 11) is 0. The molecular weight excluding hydrogens is 426 g/mol. The number of thioether (sulfide) groups is 1. The molecule has 3 heterocycles. The highest BCUT2D eigenvalue weighted by Crippen LogP contribution is 2.32. The number of nitrogens with zero attached hydrogens (tertiary/aromatic N) is 3. The molecular formula is C23H23N5O3S. The number of imide groups is 1. The zero-order chi connectivity index (χ0) is 23.0. The average molecular weight is 450 g/mol. The third kappa shape index (κ3) is 4.16. The van der Waals surface area contributed by atoms with Crippen molar-refractivity contribution in [2.45, 2.75) is 27.7 Å². The number of anilines is 2. The Morgan fingerprint density at radius 2 is 1.94 bits per heavy atom. The van der Waals surface area contributed by atoms with Gasteiger partial charge >= 0.3 is 0 Å². The van der Waals surface area contributed by atoms with Gasteiger partial charge in [0.2, 0.25) is 0 Å². The first-order chi connectivity index (χ1) is 15.2. The van der Waals surface area contributed by atoms with Crippen LogP contribution in [-0.2, 0) is 4.79 Å². The molecule has 0 spiro atoms. The summed E-state index contributed by atoms with van der Waals surface area (Å²) in [6.07, 6.45) is 4.95. The Hall–Kier alpha value is -3.46. The van der Waals surface area contributed by atoms with Crippen LogP contribution in [0.3, 0.4) is 0 Å². The highest BCUT2D eigenvalue weighted by Gasteiger charge is 2.33. The van der Waals surface area contributed by atoms with Crippen LogP contribution in [0.4, 0.5) is 16.3 Å². The lowest BCUT2D eigenvalue weighted by atomic mass is 9.87. The van der Waals surface area contributed by atoms with Crippen LogP contribution < -0.4 is 5.32 Å². The van der Waals surface area contributed by atoms with E-state index in [0.29, 0.717) is 34.0 Å². The molecule has 164 valence electrons. The second-order valence-corrected chi connectivity index (χ2v) is 9.40. The predicted octanol–water partition coefficient (Wildman–Crippen LogP) is 4.99. The van der Waals surface area contributed by atoms with E-state index in [1.54, 1.807) is 25.4 Å². The van der Waals surface area contributed by atoms with E-state index in [0.717, 1.165) is 23.0 Å². The standard InChI is InChI=1S/C23H23N5O3S/c1-5-28-21(30)16(32-22(28)31)10-13-6-8-14(9-7-13)26-17-12-25-20-18(27-17)15(11-24-20)19(29)23(2,3)4/h6-12H,5H2,1-4H3,(H,24,25)(H,26,27)/b16-10+. The summed E-state index contributed by atoms with van der Waals surface area (Å²) in [5, 5.41) is 2.94. The van der Waals surface area contributed by atoms with E-state index in [2.05, 4.69) is 20.3 Å². The molecule has 1 fully saturated rings. The van der Waals surface area contributed by atoms with Crippen molar-refractivity contribution in [1.82, 2.24) is 19.9 Å². The first-order valence-corrected chi connectivity index (χ1v) is 11.0. The Balaban J connectivity index is 1.54. The number of nitrogens with one attached hydrogen (secondary N) is 2. The molecule has 2 amide bonds. The monoisotopic (exact) mass is 449 g/mol. The first-order valence-electron chi connectivity index (χ1n) is 10.2. The largest absolute Gasteiger partial charge is 0.344 e. The number of likely N-dealkylation sites (N-methyl/N-ethyl adjacent to an activating group) is 1. The molecule has 4 rings (SSSR count). The molecule has 0 saturated carbocycles. The van der Waals surface area contributed by atoms with E-state index in [-0.39, 0.29) is 16.9 Å². The van der Waals surface area contributed by atoms with E-state index in [1.165, 1.54) is 4.90 Å². The number of hydrogen-bond acceptors (Lipinski definition) is 7. The van der Waals surface area contributed by atoms with E-state index in [1.807, 2.05) is 45.0 Å². The Morgan fingerprint density at radius 3 is 2.56 bits per heavy atom. The maximum Gasteiger partial charge on any atom is 0.293 e. The van der Waals surface area contributed by atoms with Crippen molar-refractivity contribution in [3.63, 3.8) is 0 Å². The number of amides is 2. The molecule has 0 unspecified atom stereocenters. The summed E-state index contributed by atoms with van der Waals surface area (Å²) in [4.78, 5) is 50.4. The van der Waals surface area contributed by atoms with Crippen molar-refractivity contribution in [2.75, 3.05) is 11.9 Å². The molecule has 1 aliphatic heterocycles. The number of hydrogen-bond donors (Lipinski definition) is 2.